The Kier molecular flexibility index (Phi) is 21.5. The molecule has 1 aliphatic heterocycles. The van der Waals surface area contributed by atoms with Gasteiger partial charge in [-0.05, 0) is 60.2 Å². The average molecular weight is 1050 g/mol. The van der Waals surface area contributed by atoms with Crippen LogP contribution in [0.15, 0.2) is 85.1 Å². The molecule has 3 aromatic carbocycles. The lowest BCUT2D eigenvalue weighted by Crippen LogP contribution is -2.61. The standard InChI is InChI=1S/C49H62N10O12S2/c1-26(2)41(49(70)71)59-48(69)39-25-73-72-24-38(57-42(63)32(51)22-40(61)62)47(68)55-35(19-27-9-4-3-5-10-27)44(65)56-37(21-29-23-52-33-12-7-6-11-31(29)33)46(67)53-34(13-8-18-50)43(64)54-36(45(66)58-39)20-28-14-16-30(60)17-15-28/h3-7,9-12,14-17,23,26,32,34-39,41,52,60H,8,13,18-22,24-25,50-51H2,1-2H3,(H,53,67)(H,54,64)(H,55,68)(H,56,65)(H,57,63)(H,58,66)(H,59,69)(H,61,62)(H,70,71)/t32-,34-,35-,36-,37-,38-,39-,41-/m0/s1. The number of carboxylic acid groups (broad SMARTS) is 2. The Morgan fingerprint density at radius 1 is 0.699 bits per heavy atom. The van der Waals surface area contributed by atoms with Crippen LogP contribution in [0.2, 0.25) is 0 Å². The first-order valence-electron chi connectivity index (χ1n) is 23.5. The number of hydrogen-bond donors (Lipinski definition) is 13. The Morgan fingerprint density at radius 2 is 1.25 bits per heavy atom. The maximum Gasteiger partial charge on any atom is 0.326 e. The molecule has 15 N–H and O–H groups in total. The third-order valence-corrected chi connectivity index (χ3v) is 14.2. The van der Waals surface area contributed by atoms with Crippen LogP contribution in [0.1, 0.15) is 49.8 Å². The van der Waals surface area contributed by atoms with Gasteiger partial charge in [-0.15, -0.1) is 0 Å². The number of benzene rings is 3. The summed E-state index contributed by atoms with van der Waals surface area (Å²) in [6.07, 6.45) is 0.636. The molecule has 1 aliphatic rings. The summed E-state index contributed by atoms with van der Waals surface area (Å²) in [6, 6.07) is 10.0. The number of nitrogens with one attached hydrogen (secondary N) is 8. The van der Waals surface area contributed by atoms with E-state index in [-0.39, 0.29) is 55.9 Å². The number of nitrogens with two attached hydrogens (primary N) is 2. The number of rotatable bonds is 17. The first-order valence-corrected chi connectivity index (χ1v) is 26.0. The molecule has 73 heavy (non-hydrogen) atoms. The van der Waals surface area contributed by atoms with Crippen LogP contribution in [0.25, 0.3) is 10.9 Å². The predicted octanol–water partition coefficient (Wildman–Crippen LogP) is -0.0285. The van der Waals surface area contributed by atoms with Gasteiger partial charge in [-0.25, -0.2) is 4.79 Å². The minimum absolute atomic E-state index is 0.0318. The molecule has 4 aromatic rings. The zero-order valence-electron chi connectivity index (χ0n) is 40.1. The van der Waals surface area contributed by atoms with Gasteiger partial charge in [0.05, 0.1) is 12.5 Å². The molecule has 22 nitrogen and oxygen atoms in total. The molecule has 0 radical (unpaired) electrons. The van der Waals surface area contributed by atoms with Crippen molar-refractivity contribution < 1.29 is 58.5 Å². The molecule has 392 valence electrons. The maximum absolute atomic E-state index is 14.7. The van der Waals surface area contributed by atoms with Crippen molar-refractivity contribution in [2.24, 2.45) is 17.4 Å². The zero-order chi connectivity index (χ0) is 53.2. The van der Waals surface area contributed by atoms with Crippen LogP contribution < -0.4 is 48.7 Å². The van der Waals surface area contributed by atoms with E-state index in [1.807, 2.05) is 18.2 Å². The van der Waals surface area contributed by atoms with Gasteiger partial charge in [0.15, 0.2) is 0 Å². The van der Waals surface area contributed by atoms with Crippen molar-refractivity contribution in [1.29, 1.82) is 0 Å². The zero-order valence-corrected chi connectivity index (χ0v) is 41.8. The minimum atomic E-state index is -1.59. The molecule has 0 bridgehead atoms. The van der Waals surface area contributed by atoms with E-state index < -0.39 is 114 Å². The Labute approximate surface area is 428 Å². The van der Waals surface area contributed by atoms with Crippen LogP contribution in [-0.4, -0.2) is 140 Å². The van der Waals surface area contributed by atoms with Gasteiger partial charge in [0.2, 0.25) is 41.4 Å². The Morgan fingerprint density at radius 3 is 1.86 bits per heavy atom. The number of amides is 7. The number of aliphatic carboxylic acids is 2. The first-order chi connectivity index (χ1) is 34.8. The lowest BCUT2D eigenvalue weighted by atomic mass is 10.0. The second kappa shape index (κ2) is 27.6. The van der Waals surface area contributed by atoms with Crippen molar-refractivity contribution >= 4 is 85.8 Å². The van der Waals surface area contributed by atoms with E-state index in [0.717, 1.165) is 32.5 Å². The third kappa shape index (κ3) is 17.3. The van der Waals surface area contributed by atoms with E-state index in [4.69, 9.17) is 11.5 Å². The fraction of sp³-hybridized carbons (Fsp3) is 0.408. The first kappa shape index (κ1) is 56.8. The molecule has 1 aromatic heterocycles. The number of phenols is 1. The van der Waals surface area contributed by atoms with Crippen LogP contribution in [0.5, 0.6) is 5.75 Å². The fourth-order valence-corrected chi connectivity index (χ4v) is 10.1. The van der Waals surface area contributed by atoms with Crippen molar-refractivity contribution in [2.75, 3.05) is 18.1 Å². The van der Waals surface area contributed by atoms with Gasteiger partial charge in [-0.3, -0.25) is 38.4 Å². The predicted molar refractivity (Wildman–Crippen MR) is 273 cm³/mol. The summed E-state index contributed by atoms with van der Waals surface area (Å²) in [5.41, 5.74) is 14.2. The normalized spacial score (nSPS) is 21.6. The molecule has 0 spiro atoms. The minimum Gasteiger partial charge on any atom is -0.508 e. The summed E-state index contributed by atoms with van der Waals surface area (Å²) in [4.78, 5) is 127. The van der Waals surface area contributed by atoms with Crippen LogP contribution in [0, 0.1) is 5.92 Å². The van der Waals surface area contributed by atoms with Crippen molar-refractivity contribution in [3.05, 3.63) is 102 Å². The Bertz CT molecular complexity index is 2580. The van der Waals surface area contributed by atoms with Crippen molar-refractivity contribution in [1.82, 2.24) is 42.2 Å². The number of hydrogen-bond acceptors (Lipinski definition) is 14. The van der Waals surface area contributed by atoms with E-state index in [1.165, 1.54) is 24.3 Å². The SMILES string of the molecule is CC(C)[C@H](NC(=O)[C@@H]1CSSC[C@H](NC(=O)[C@@H](N)CC(=O)O)C(=O)N[C@@H](Cc2ccccc2)C(=O)N[C@@H](Cc2c[nH]c3ccccc23)C(=O)N[C@@H](CCCN)C(=O)N[C@@H](Cc2ccc(O)cc2)C(=O)N1)C(=O)O. The van der Waals surface area contributed by atoms with Gasteiger partial charge < -0.3 is 69.0 Å². The van der Waals surface area contributed by atoms with Gasteiger partial charge in [-0.1, -0.05) is 96.1 Å². The summed E-state index contributed by atoms with van der Waals surface area (Å²) in [7, 11) is 1.88. The molecule has 1 saturated heterocycles. The van der Waals surface area contributed by atoms with Crippen LogP contribution in [0.3, 0.4) is 0 Å². The topological polar surface area (TPSA) is 366 Å². The summed E-state index contributed by atoms with van der Waals surface area (Å²) in [6.45, 7) is 3.24. The van der Waals surface area contributed by atoms with E-state index in [2.05, 4.69) is 42.2 Å². The summed E-state index contributed by atoms with van der Waals surface area (Å²) in [5.74, 6) is -10.2. The largest absolute Gasteiger partial charge is 0.508 e. The van der Waals surface area contributed by atoms with E-state index in [0.29, 0.717) is 16.7 Å². The van der Waals surface area contributed by atoms with Crippen LogP contribution >= 0.6 is 21.6 Å². The average Bonchev–Trinajstić information content (AvgIpc) is 3.76. The van der Waals surface area contributed by atoms with E-state index in [1.54, 1.807) is 56.4 Å². The second-order valence-corrected chi connectivity index (χ2v) is 20.3. The molecule has 7 amide bonds. The number of aromatic nitrogens is 1. The molecular formula is C49H62N10O12S2. The molecular weight excluding hydrogens is 985 g/mol. The highest BCUT2D eigenvalue weighted by molar-refractivity contribution is 8.76. The van der Waals surface area contributed by atoms with Gasteiger partial charge in [0, 0.05) is 47.9 Å². The van der Waals surface area contributed by atoms with Crippen molar-refractivity contribution in [3.8, 4) is 5.75 Å². The Hall–Kier alpha value is -7.15. The lowest BCUT2D eigenvalue weighted by Gasteiger charge is -2.29. The number of carbonyl (C=O) groups excluding carboxylic acids is 7. The van der Waals surface area contributed by atoms with Gasteiger partial charge in [-0.2, -0.15) is 0 Å². The molecule has 0 aliphatic carbocycles. The Balaban J connectivity index is 1.61. The summed E-state index contributed by atoms with van der Waals surface area (Å²) < 4.78 is 0. The number of H-pyrrole nitrogens is 1. The molecule has 2 heterocycles. The third-order valence-electron chi connectivity index (χ3n) is 11.8. The molecule has 5 rings (SSSR count). The van der Waals surface area contributed by atoms with Crippen LogP contribution in [-0.2, 0) is 62.4 Å². The van der Waals surface area contributed by atoms with E-state index in [9.17, 15) is 58.5 Å². The second-order valence-electron chi connectivity index (χ2n) is 17.8. The van der Waals surface area contributed by atoms with Crippen molar-refractivity contribution in [3.63, 3.8) is 0 Å². The monoisotopic (exact) mass is 1050 g/mol. The van der Waals surface area contributed by atoms with E-state index >= 15 is 0 Å². The molecule has 1 fully saturated rings. The lowest BCUT2D eigenvalue weighted by molar-refractivity contribution is -0.143. The summed E-state index contributed by atoms with van der Waals surface area (Å²) in [5, 5.41) is 48.5. The molecule has 8 atom stereocenters. The highest BCUT2D eigenvalue weighted by Crippen LogP contribution is 2.25. The molecule has 24 heteroatoms. The molecule has 0 saturated carbocycles. The number of carboxylic acids is 2. The highest BCUT2D eigenvalue weighted by atomic mass is 33.1. The number of para-hydroxylation sites is 1. The number of carbonyl (C=O) groups is 9. The van der Waals surface area contributed by atoms with Gasteiger partial charge in [0.25, 0.3) is 0 Å². The fourth-order valence-electron chi connectivity index (χ4n) is 7.74. The van der Waals surface area contributed by atoms with Gasteiger partial charge in [0.1, 0.15) is 48.0 Å². The quantitative estimate of drug-likeness (QED) is 0.0618. The van der Waals surface area contributed by atoms with Gasteiger partial charge >= 0.3 is 11.9 Å². The number of phenolic OH excluding ortho intramolecular Hbond substituents is 1. The maximum atomic E-state index is 14.7. The summed E-state index contributed by atoms with van der Waals surface area (Å²) >= 11 is 0. The number of aromatic hydroxyl groups is 1. The highest BCUT2D eigenvalue weighted by Gasteiger charge is 2.36. The smallest absolute Gasteiger partial charge is 0.326 e. The van der Waals surface area contributed by atoms with Crippen molar-refractivity contribution in [2.45, 2.75) is 101 Å². The van der Waals surface area contributed by atoms with Crippen LogP contribution in [0.4, 0.5) is 0 Å². The molecule has 0 unspecified atom stereocenters. The number of aromatic amines is 1. The number of fused-ring (bicyclic) bond motifs is 1.